The van der Waals surface area contributed by atoms with Crippen LogP contribution in [0.15, 0.2) is 11.8 Å². The first-order valence-electron chi connectivity index (χ1n) is 3.99. The number of amides is 1. The molecule has 12 heavy (non-hydrogen) atoms. The lowest BCUT2D eigenvalue weighted by molar-refractivity contribution is -0.137. The lowest BCUT2D eigenvalue weighted by atomic mass is 10.1. The number of alkyl halides is 1. The Bertz CT molecular complexity index is 241. The highest BCUT2D eigenvalue weighted by molar-refractivity contribution is 8.00. The standard InChI is InChI=1S/C8H10ClNOS/c9-2-1-6-4-10-7(11)3-8(10)12-5-6/h4,8H,1-3,5H2/t8-/m0/s1. The molecule has 4 heteroatoms. The van der Waals surface area contributed by atoms with E-state index in [1.165, 1.54) is 5.57 Å². The fourth-order valence-corrected chi connectivity index (χ4v) is 2.86. The average Bonchev–Trinajstić information content (AvgIpc) is 2.07. The molecule has 1 fully saturated rings. The van der Waals surface area contributed by atoms with Crippen LogP contribution in [0.2, 0.25) is 0 Å². The van der Waals surface area contributed by atoms with Gasteiger partial charge >= 0.3 is 0 Å². The van der Waals surface area contributed by atoms with Crippen LogP contribution in [-0.2, 0) is 4.79 Å². The molecule has 0 radical (unpaired) electrons. The van der Waals surface area contributed by atoms with Gasteiger partial charge in [-0.2, -0.15) is 0 Å². The zero-order valence-corrected chi connectivity index (χ0v) is 8.20. The molecule has 66 valence electrons. The summed E-state index contributed by atoms with van der Waals surface area (Å²) in [7, 11) is 0. The topological polar surface area (TPSA) is 20.3 Å². The molecule has 1 saturated heterocycles. The molecule has 2 aliphatic heterocycles. The fraction of sp³-hybridized carbons (Fsp3) is 0.625. The number of hydrogen-bond acceptors (Lipinski definition) is 2. The van der Waals surface area contributed by atoms with Crippen molar-refractivity contribution in [3.05, 3.63) is 11.8 Å². The van der Waals surface area contributed by atoms with Gasteiger partial charge in [0.25, 0.3) is 0 Å². The number of β-lactam (4-membered cyclic amide) rings is 1. The second kappa shape index (κ2) is 3.30. The van der Waals surface area contributed by atoms with Crippen LogP contribution in [0.25, 0.3) is 0 Å². The van der Waals surface area contributed by atoms with Crippen LogP contribution in [0.4, 0.5) is 0 Å². The van der Waals surface area contributed by atoms with E-state index in [1.807, 2.05) is 22.9 Å². The monoisotopic (exact) mass is 203 g/mol. The van der Waals surface area contributed by atoms with Gasteiger partial charge in [0.05, 0.1) is 11.8 Å². The van der Waals surface area contributed by atoms with E-state index in [4.69, 9.17) is 11.6 Å². The van der Waals surface area contributed by atoms with Crippen molar-refractivity contribution in [2.24, 2.45) is 0 Å². The first kappa shape index (κ1) is 8.45. The van der Waals surface area contributed by atoms with Gasteiger partial charge in [0.1, 0.15) is 0 Å². The van der Waals surface area contributed by atoms with Crippen LogP contribution < -0.4 is 0 Å². The van der Waals surface area contributed by atoms with E-state index in [9.17, 15) is 4.79 Å². The third kappa shape index (κ3) is 1.36. The third-order valence-electron chi connectivity index (χ3n) is 2.15. The Kier molecular flexibility index (Phi) is 2.33. The molecule has 1 atom stereocenters. The van der Waals surface area contributed by atoms with Gasteiger partial charge in [0, 0.05) is 17.8 Å². The second-order valence-electron chi connectivity index (χ2n) is 3.00. The number of nitrogens with zero attached hydrogens (tertiary/aromatic N) is 1. The van der Waals surface area contributed by atoms with Crippen LogP contribution in [0.1, 0.15) is 12.8 Å². The highest BCUT2D eigenvalue weighted by atomic mass is 35.5. The van der Waals surface area contributed by atoms with E-state index in [0.29, 0.717) is 11.3 Å². The zero-order valence-electron chi connectivity index (χ0n) is 6.62. The quantitative estimate of drug-likeness (QED) is 0.504. The molecule has 0 aromatic carbocycles. The summed E-state index contributed by atoms with van der Waals surface area (Å²) >= 11 is 7.46. The lowest BCUT2D eigenvalue weighted by Crippen LogP contribution is -2.49. The Morgan fingerprint density at radius 3 is 3.25 bits per heavy atom. The van der Waals surface area contributed by atoms with Crippen molar-refractivity contribution in [1.29, 1.82) is 0 Å². The van der Waals surface area contributed by atoms with Gasteiger partial charge in [0.2, 0.25) is 5.91 Å². The molecule has 2 heterocycles. The highest BCUT2D eigenvalue weighted by Crippen LogP contribution is 2.36. The van der Waals surface area contributed by atoms with Gasteiger partial charge in [-0.3, -0.25) is 4.79 Å². The molecular weight excluding hydrogens is 194 g/mol. The van der Waals surface area contributed by atoms with E-state index in [1.54, 1.807) is 0 Å². The van der Waals surface area contributed by atoms with Gasteiger partial charge < -0.3 is 4.90 Å². The molecule has 1 amide bonds. The maximum Gasteiger partial charge on any atom is 0.230 e. The SMILES string of the molecule is O=C1C[C@@H]2SCC(CCCl)=CN12. The van der Waals surface area contributed by atoms with Gasteiger partial charge in [-0.05, 0) is 12.0 Å². The second-order valence-corrected chi connectivity index (χ2v) is 4.54. The first-order chi connectivity index (χ1) is 5.81. The van der Waals surface area contributed by atoms with Gasteiger partial charge in [-0.1, -0.05) is 0 Å². The summed E-state index contributed by atoms with van der Waals surface area (Å²) in [6.45, 7) is 0. The Labute approximate surface area is 80.9 Å². The van der Waals surface area contributed by atoms with Crippen molar-refractivity contribution in [3.63, 3.8) is 0 Å². The zero-order chi connectivity index (χ0) is 8.55. The van der Waals surface area contributed by atoms with Crippen molar-refractivity contribution in [1.82, 2.24) is 4.90 Å². The Balaban J connectivity index is 2.03. The lowest BCUT2D eigenvalue weighted by Gasteiger charge is -2.41. The highest BCUT2D eigenvalue weighted by Gasteiger charge is 2.37. The summed E-state index contributed by atoms with van der Waals surface area (Å²) in [6, 6.07) is 0. The van der Waals surface area contributed by atoms with E-state index < -0.39 is 0 Å². The van der Waals surface area contributed by atoms with Crippen LogP contribution in [0.5, 0.6) is 0 Å². The fourth-order valence-electron chi connectivity index (χ4n) is 1.39. The number of fused-ring (bicyclic) bond motifs is 1. The predicted octanol–water partition coefficient (Wildman–Crippen LogP) is 1.80. The van der Waals surface area contributed by atoms with E-state index in [2.05, 4.69) is 0 Å². The summed E-state index contributed by atoms with van der Waals surface area (Å²) in [6.07, 6.45) is 3.61. The van der Waals surface area contributed by atoms with E-state index >= 15 is 0 Å². The van der Waals surface area contributed by atoms with Crippen molar-refractivity contribution in [3.8, 4) is 0 Å². The minimum Gasteiger partial charge on any atom is -0.306 e. The predicted molar refractivity (Wildman–Crippen MR) is 51.1 cm³/mol. The molecule has 0 unspecified atom stereocenters. The molecule has 0 bridgehead atoms. The number of rotatable bonds is 2. The Morgan fingerprint density at radius 1 is 1.75 bits per heavy atom. The number of hydrogen-bond donors (Lipinski definition) is 0. The molecule has 0 aromatic heterocycles. The molecule has 0 spiro atoms. The molecule has 2 aliphatic rings. The number of carbonyl (C=O) groups is 1. The van der Waals surface area contributed by atoms with Crippen molar-refractivity contribution in [2.75, 3.05) is 11.6 Å². The maximum atomic E-state index is 11.0. The Hall–Kier alpha value is -0.150. The van der Waals surface area contributed by atoms with Gasteiger partial charge in [-0.15, -0.1) is 23.4 Å². The van der Waals surface area contributed by atoms with Crippen LogP contribution in [0, 0.1) is 0 Å². The molecule has 0 aromatic rings. The Morgan fingerprint density at radius 2 is 2.58 bits per heavy atom. The summed E-state index contributed by atoms with van der Waals surface area (Å²) in [5.74, 6) is 1.94. The van der Waals surface area contributed by atoms with E-state index in [0.717, 1.165) is 18.6 Å². The minimum atomic E-state index is 0.249. The number of thioether (sulfide) groups is 1. The molecule has 0 aliphatic carbocycles. The smallest absolute Gasteiger partial charge is 0.230 e. The largest absolute Gasteiger partial charge is 0.306 e. The summed E-state index contributed by atoms with van der Waals surface area (Å²) in [5.41, 5.74) is 1.29. The molecule has 0 N–H and O–H groups in total. The summed E-state index contributed by atoms with van der Waals surface area (Å²) in [5, 5.41) is 0.427. The first-order valence-corrected chi connectivity index (χ1v) is 5.58. The minimum absolute atomic E-state index is 0.249. The molecule has 0 saturated carbocycles. The molecular formula is C8H10ClNOS. The van der Waals surface area contributed by atoms with Crippen LogP contribution in [0.3, 0.4) is 0 Å². The van der Waals surface area contributed by atoms with Crippen LogP contribution in [-0.4, -0.2) is 27.8 Å². The van der Waals surface area contributed by atoms with Crippen molar-refractivity contribution >= 4 is 29.3 Å². The summed E-state index contributed by atoms with van der Waals surface area (Å²) in [4.78, 5) is 12.9. The molecule has 2 rings (SSSR count). The number of halogens is 1. The molecule has 2 nitrogen and oxygen atoms in total. The third-order valence-corrected chi connectivity index (χ3v) is 3.65. The van der Waals surface area contributed by atoms with Crippen molar-refractivity contribution in [2.45, 2.75) is 18.2 Å². The average molecular weight is 204 g/mol. The maximum absolute atomic E-state index is 11.0. The van der Waals surface area contributed by atoms with E-state index in [-0.39, 0.29) is 5.91 Å². The number of carbonyl (C=O) groups excluding carboxylic acids is 1. The van der Waals surface area contributed by atoms with Crippen molar-refractivity contribution < 1.29 is 4.79 Å². The summed E-state index contributed by atoms with van der Waals surface area (Å²) < 4.78 is 0. The van der Waals surface area contributed by atoms with Gasteiger partial charge in [-0.25, -0.2) is 0 Å². The van der Waals surface area contributed by atoms with Crippen LogP contribution >= 0.6 is 23.4 Å². The van der Waals surface area contributed by atoms with Gasteiger partial charge in [0.15, 0.2) is 0 Å². The normalized spacial score (nSPS) is 27.8.